The number of aliphatic hydroxyl groups excluding tert-OH is 1. The molecule has 0 spiro atoms. The summed E-state index contributed by atoms with van der Waals surface area (Å²) in [6.45, 7) is 0. The second-order valence-electron chi connectivity index (χ2n) is 3.02. The van der Waals surface area contributed by atoms with Gasteiger partial charge in [-0.2, -0.15) is 13.2 Å². The number of alkyl halides is 3. The number of aromatic carboxylic acids is 1. The number of hydrogen-bond donors (Lipinski definition) is 2. The third-order valence-corrected chi connectivity index (χ3v) is 2.25. The molecule has 1 rings (SSSR count). The monoisotopic (exact) mass is 298 g/mol. The average molecular weight is 299 g/mol. The molecule has 0 saturated carbocycles. The van der Waals surface area contributed by atoms with Gasteiger partial charge in [-0.15, -0.1) is 0 Å². The van der Waals surface area contributed by atoms with Crippen molar-refractivity contribution in [3.63, 3.8) is 0 Å². The van der Waals surface area contributed by atoms with Crippen LogP contribution in [-0.2, 0) is 0 Å². The van der Waals surface area contributed by atoms with Gasteiger partial charge in [-0.05, 0) is 23.8 Å². The van der Waals surface area contributed by atoms with E-state index in [4.69, 9.17) is 10.2 Å². The summed E-state index contributed by atoms with van der Waals surface area (Å²) in [7, 11) is 0. The fourth-order valence-corrected chi connectivity index (χ4v) is 1.59. The quantitative estimate of drug-likeness (QED) is 0.883. The molecule has 0 fully saturated rings. The van der Waals surface area contributed by atoms with E-state index in [2.05, 4.69) is 15.9 Å². The summed E-state index contributed by atoms with van der Waals surface area (Å²) in [5.41, 5.74) is -0.841. The van der Waals surface area contributed by atoms with Gasteiger partial charge in [-0.25, -0.2) is 4.79 Å². The molecule has 0 saturated heterocycles. The molecule has 0 amide bonds. The highest BCUT2D eigenvalue weighted by molar-refractivity contribution is 9.10. The van der Waals surface area contributed by atoms with E-state index in [-0.39, 0.29) is 10.0 Å². The van der Waals surface area contributed by atoms with Crippen LogP contribution in [0.25, 0.3) is 0 Å². The van der Waals surface area contributed by atoms with Crippen LogP contribution in [0.1, 0.15) is 22.0 Å². The molecule has 0 radical (unpaired) electrons. The minimum atomic E-state index is -4.82. The van der Waals surface area contributed by atoms with E-state index in [1.165, 1.54) is 0 Å². The van der Waals surface area contributed by atoms with Crippen LogP contribution in [0.5, 0.6) is 0 Å². The third-order valence-electron chi connectivity index (χ3n) is 1.79. The summed E-state index contributed by atoms with van der Waals surface area (Å²) in [6, 6.07) is 2.95. The maximum atomic E-state index is 12.2. The van der Waals surface area contributed by atoms with Gasteiger partial charge < -0.3 is 10.2 Å². The molecule has 0 aromatic heterocycles. The van der Waals surface area contributed by atoms with Gasteiger partial charge in [-0.1, -0.05) is 15.9 Å². The molecule has 16 heavy (non-hydrogen) atoms. The predicted octanol–water partition coefficient (Wildman–Crippen LogP) is 2.74. The van der Waals surface area contributed by atoms with Crippen LogP contribution in [0.3, 0.4) is 0 Å². The first-order valence-electron chi connectivity index (χ1n) is 4.00. The lowest BCUT2D eigenvalue weighted by Gasteiger charge is -2.15. The standard InChI is InChI=1S/C9H6BrF3O3/c10-6-2-4(7(14)9(11,12)13)1-5(3-6)8(15)16/h1-3,7,14H,(H,15,16)/t7-/m0/s1. The second-order valence-corrected chi connectivity index (χ2v) is 3.94. The van der Waals surface area contributed by atoms with E-state index in [0.29, 0.717) is 0 Å². The molecule has 0 aliphatic carbocycles. The van der Waals surface area contributed by atoms with Crippen molar-refractivity contribution in [3.05, 3.63) is 33.8 Å². The van der Waals surface area contributed by atoms with E-state index in [9.17, 15) is 18.0 Å². The Morgan fingerprint density at radius 2 is 1.88 bits per heavy atom. The first-order valence-corrected chi connectivity index (χ1v) is 4.79. The molecular weight excluding hydrogens is 293 g/mol. The fourth-order valence-electron chi connectivity index (χ4n) is 1.08. The van der Waals surface area contributed by atoms with Crippen molar-refractivity contribution in [2.75, 3.05) is 0 Å². The van der Waals surface area contributed by atoms with Crippen molar-refractivity contribution in [1.29, 1.82) is 0 Å². The van der Waals surface area contributed by atoms with Crippen LogP contribution in [0.4, 0.5) is 13.2 Å². The zero-order valence-corrected chi connectivity index (χ0v) is 9.21. The summed E-state index contributed by atoms with van der Waals surface area (Å²) in [4.78, 5) is 10.6. The molecule has 0 unspecified atom stereocenters. The Bertz CT molecular complexity index is 417. The molecule has 2 N–H and O–H groups in total. The summed E-state index contributed by atoms with van der Waals surface area (Å²) in [5.74, 6) is -1.36. The summed E-state index contributed by atoms with van der Waals surface area (Å²) in [6.07, 6.45) is -7.51. The highest BCUT2D eigenvalue weighted by Gasteiger charge is 2.39. The normalized spacial score (nSPS) is 13.6. The van der Waals surface area contributed by atoms with E-state index in [0.717, 1.165) is 18.2 Å². The number of carbonyl (C=O) groups is 1. The van der Waals surface area contributed by atoms with Crippen LogP contribution in [0, 0.1) is 0 Å². The number of benzene rings is 1. The van der Waals surface area contributed by atoms with E-state index < -0.39 is 23.8 Å². The van der Waals surface area contributed by atoms with Crippen molar-refractivity contribution in [1.82, 2.24) is 0 Å². The first-order chi connectivity index (χ1) is 7.21. The second kappa shape index (κ2) is 4.42. The number of hydrogen-bond acceptors (Lipinski definition) is 2. The Hall–Kier alpha value is -1.08. The average Bonchev–Trinajstić information content (AvgIpc) is 2.14. The molecule has 0 aliphatic heterocycles. The van der Waals surface area contributed by atoms with Gasteiger partial charge >= 0.3 is 12.1 Å². The van der Waals surface area contributed by atoms with Crippen molar-refractivity contribution in [2.45, 2.75) is 12.3 Å². The molecule has 7 heteroatoms. The summed E-state index contributed by atoms with van der Waals surface area (Å²) < 4.78 is 36.7. The predicted molar refractivity (Wildman–Crippen MR) is 52.1 cm³/mol. The van der Waals surface area contributed by atoms with Crippen molar-refractivity contribution in [2.24, 2.45) is 0 Å². The maximum absolute atomic E-state index is 12.2. The SMILES string of the molecule is O=C(O)c1cc(Br)cc([C@H](O)C(F)(F)F)c1. The maximum Gasteiger partial charge on any atom is 0.418 e. The number of halogens is 4. The Kier molecular flexibility index (Phi) is 3.59. The molecule has 0 aliphatic rings. The third kappa shape index (κ3) is 2.96. The van der Waals surface area contributed by atoms with Gasteiger partial charge in [0.1, 0.15) is 0 Å². The Morgan fingerprint density at radius 3 is 2.31 bits per heavy atom. The highest BCUT2D eigenvalue weighted by Crippen LogP contribution is 2.34. The van der Waals surface area contributed by atoms with Gasteiger partial charge in [0.15, 0.2) is 6.10 Å². The van der Waals surface area contributed by atoms with Crippen molar-refractivity contribution >= 4 is 21.9 Å². The minimum Gasteiger partial charge on any atom is -0.478 e. The number of aliphatic hydroxyl groups is 1. The van der Waals surface area contributed by atoms with Gasteiger partial charge in [0.05, 0.1) is 5.56 Å². The minimum absolute atomic E-state index is 0.158. The van der Waals surface area contributed by atoms with Gasteiger partial charge in [0.25, 0.3) is 0 Å². The molecule has 88 valence electrons. The lowest BCUT2D eigenvalue weighted by molar-refractivity contribution is -0.206. The van der Waals surface area contributed by atoms with Gasteiger partial charge in [0.2, 0.25) is 0 Å². The number of carboxylic acid groups (broad SMARTS) is 1. The van der Waals surface area contributed by atoms with Crippen molar-refractivity contribution < 1.29 is 28.2 Å². The zero-order chi connectivity index (χ0) is 12.5. The van der Waals surface area contributed by atoms with E-state index >= 15 is 0 Å². The van der Waals surface area contributed by atoms with Gasteiger partial charge in [-0.3, -0.25) is 0 Å². The van der Waals surface area contributed by atoms with E-state index in [1.807, 2.05) is 0 Å². The van der Waals surface area contributed by atoms with Gasteiger partial charge in [0, 0.05) is 4.47 Å². The smallest absolute Gasteiger partial charge is 0.418 e. The number of carboxylic acids is 1. The zero-order valence-electron chi connectivity index (χ0n) is 7.62. The van der Waals surface area contributed by atoms with E-state index in [1.54, 1.807) is 0 Å². The number of rotatable bonds is 2. The van der Waals surface area contributed by atoms with Crippen LogP contribution in [0.15, 0.2) is 22.7 Å². The molecule has 0 heterocycles. The van der Waals surface area contributed by atoms with Crippen LogP contribution in [0.2, 0.25) is 0 Å². The largest absolute Gasteiger partial charge is 0.478 e. The highest BCUT2D eigenvalue weighted by atomic mass is 79.9. The fraction of sp³-hybridized carbons (Fsp3) is 0.222. The van der Waals surface area contributed by atoms with Crippen LogP contribution < -0.4 is 0 Å². The Labute approximate surface area is 96.6 Å². The van der Waals surface area contributed by atoms with Crippen LogP contribution >= 0.6 is 15.9 Å². The molecule has 1 atom stereocenters. The first kappa shape index (κ1) is 13.0. The lowest BCUT2D eigenvalue weighted by Crippen LogP contribution is -2.20. The molecular formula is C9H6BrF3O3. The van der Waals surface area contributed by atoms with Crippen LogP contribution in [-0.4, -0.2) is 22.4 Å². The summed E-state index contributed by atoms with van der Waals surface area (Å²) in [5, 5.41) is 17.6. The summed E-state index contributed by atoms with van der Waals surface area (Å²) >= 11 is 2.87. The molecule has 3 nitrogen and oxygen atoms in total. The Morgan fingerprint density at radius 1 is 1.31 bits per heavy atom. The molecule has 1 aromatic carbocycles. The van der Waals surface area contributed by atoms with Crippen molar-refractivity contribution in [3.8, 4) is 0 Å². The topological polar surface area (TPSA) is 57.5 Å². The molecule has 0 bridgehead atoms. The lowest BCUT2D eigenvalue weighted by atomic mass is 10.1. The molecule has 1 aromatic rings. The Balaban J connectivity index is 3.20.